The number of anilines is 2. The molecule has 0 aliphatic carbocycles. The van der Waals surface area contributed by atoms with E-state index < -0.39 is 11.7 Å². The van der Waals surface area contributed by atoms with Crippen LogP contribution >= 0.6 is 11.3 Å². The summed E-state index contributed by atoms with van der Waals surface area (Å²) in [6, 6.07) is 16.8. The Morgan fingerprint density at radius 2 is 1.83 bits per heavy atom. The van der Waals surface area contributed by atoms with Crippen molar-refractivity contribution in [2.75, 3.05) is 51.5 Å². The Balaban J connectivity index is 1.43. The van der Waals surface area contributed by atoms with E-state index in [9.17, 15) is 9.59 Å². The molecule has 0 saturated heterocycles. The number of ether oxygens (including phenoxy) is 1. The lowest BCUT2D eigenvalue weighted by molar-refractivity contribution is -0.125. The molecule has 0 saturated carbocycles. The summed E-state index contributed by atoms with van der Waals surface area (Å²) in [6.45, 7) is 1.70. The molecule has 214 valence electrons. The van der Waals surface area contributed by atoms with Gasteiger partial charge in [-0.2, -0.15) is 0 Å². The Labute approximate surface area is 242 Å². The zero-order chi connectivity index (χ0) is 29.4. The molecule has 0 spiro atoms. The smallest absolute Gasteiger partial charge is 0.236 e. The van der Waals surface area contributed by atoms with Crippen LogP contribution in [0.2, 0.25) is 0 Å². The third-order valence-corrected chi connectivity index (χ3v) is 7.30. The van der Waals surface area contributed by atoms with Gasteiger partial charge in [0.1, 0.15) is 12.2 Å². The van der Waals surface area contributed by atoms with Gasteiger partial charge in [-0.25, -0.2) is 4.39 Å². The highest BCUT2D eigenvalue weighted by molar-refractivity contribution is 7.20. The predicted molar refractivity (Wildman–Crippen MR) is 163 cm³/mol. The maximum Gasteiger partial charge on any atom is 0.236 e. The Morgan fingerprint density at radius 1 is 1.05 bits per heavy atom. The second-order valence-corrected chi connectivity index (χ2v) is 10.5. The van der Waals surface area contributed by atoms with Crippen molar-refractivity contribution < 1.29 is 18.7 Å². The fourth-order valence-corrected chi connectivity index (χ4v) is 4.98. The molecule has 0 aliphatic heterocycles. The third-order valence-electron chi connectivity index (χ3n) is 6.13. The van der Waals surface area contributed by atoms with Crippen LogP contribution in [0, 0.1) is 5.82 Å². The van der Waals surface area contributed by atoms with Crippen molar-refractivity contribution in [1.29, 1.82) is 0 Å². The van der Waals surface area contributed by atoms with Crippen molar-refractivity contribution in [2.45, 2.75) is 6.42 Å². The molecule has 2 aromatic carbocycles. The normalized spacial score (nSPS) is 11.4. The Morgan fingerprint density at radius 3 is 2.54 bits per heavy atom. The van der Waals surface area contributed by atoms with Crippen LogP contribution in [-0.2, 0) is 9.59 Å². The van der Waals surface area contributed by atoms with Gasteiger partial charge in [-0.3, -0.25) is 14.6 Å². The number of aromatic nitrogens is 1. The van der Waals surface area contributed by atoms with Crippen LogP contribution in [0.25, 0.3) is 15.9 Å². The molecule has 0 unspecified atom stereocenters. The lowest BCUT2D eigenvalue weighted by Gasteiger charge is -2.17. The SMILES string of the molecule is CN/C(=C\NCCN(C)C)c1cc2nccc(Oc3ccc(NC(=O)CC(=O)N(C)c4ccccc4)cc3F)c2s1. The van der Waals surface area contributed by atoms with Crippen LogP contribution in [0.5, 0.6) is 11.5 Å². The first-order chi connectivity index (χ1) is 19.7. The standard InChI is InChI=1S/C30H33FN6O3S/c1-32-24(19-33-14-15-36(2)3)27-17-23-30(41-27)26(12-13-34-23)40-25-11-10-20(16-22(25)31)35-28(38)18-29(39)37(4)21-8-6-5-7-9-21/h5-13,16-17,19,32-33H,14-15,18H2,1-4H3,(H,35,38)/b24-19-. The fourth-order valence-electron chi connectivity index (χ4n) is 3.89. The van der Waals surface area contributed by atoms with E-state index >= 15 is 4.39 Å². The first-order valence-electron chi connectivity index (χ1n) is 13.0. The average Bonchev–Trinajstić information content (AvgIpc) is 3.39. The fraction of sp³-hybridized carbons (Fsp3) is 0.233. The highest BCUT2D eigenvalue weighted by atomic mass is 32.1. The zero-order valence-electron chi connectivity index (χ0n) is 23.4. The second-order valence-electron chi connectivity index (χ2n) is 9.46. The summed E-state index contributed by atoms with van der Waals surface area (Å²) in [5.74, 6) is -1.12. The minimum atomic E-state index is -0.654. The summed E-state index contributed by atoms with van der Waals surface area (Å²) < 4.78 is 21.7. The molecule has 11 heteroatoms. The van der Waals surface area contributed by atoms with Gasteiger partial charge in [0.15, 0.2) is 11.6 Å². The van der Waals surface area contributed by atoms with Gasteiger partial charge in [0, 0.05) is 63.1 Å². The first-order valence-corrected chi connectivity index (χ1v) is 13.8. The molecule has 2 heterocycles. The largest absolute Gasteiger partial charge is 0.453 e. The summed E-state index contributed by atoms with van der Waals surface area (Å²) in [6.07, 6.45) is 3.16. The summed E-state index contributed by atoms with van der Waals surface area (Å²) >= 11 is 1.48. The van der Waals surface area contributed by atoms with E-state index in [1.807, 2.05) is 51.6 Å². The predicted octanol–water partition coefficient (Wildman–Crippen LogP) is 4.89. The molecule has 9 nitrogen and oxygen atoms in total. The van der Waals surface area contributed by atoms with Gasteiger partial charge in [-0.15, -0.1) is 11.3 Å². The topological polar surface area (TPSA) is 98.8 Å². The molecule has 41 heavy (non-hydrogen) atoms. The molecular weight excluding hydrogens is 543 g/mol. The number of hydrogen-bond acceptors (Lipinski definition) is 8. The van der Waals surface area contributed by atoms with Crippen LogP contribution in [-0.4, -0.2) is 63.0 Å². The lowest BCUT2D eigenvalue weighted by atomic mass is 10.2. The number of amides is 2. The van der Waals surface area contributed by atoms with Gasteiger partial charge in [0.2, 0.25) is 11.8 Å². The minimum absolute atomic E-state index is 0.0000653. The van der Waals surface area contributed by atoms with Crippen molar-refractivity contribution in [3.05, 3.63) is 83.8 Å². The first kappa shape index (κ1) is 29.5. The zero-order valence-corrected chi connectivity index (χ0v) is 24.2. The number of pyridine rings is 1. The molecule has 2 aromatic heterocycles. The van der Waals surface area contributed by atoms with Crippen molar-refractivity contribution in [1.82, 2.24) is 20.5 Å². The van der Waals surface area contributed by atoms with Gasteiger partial charge >= 0.3 is 0 Å². The van der Waals surface area contributed by atoms with Crippen LogP contribution in [0.15, 0.2) is 73.1 Å². The summed E-state index contributed by atoms with van der Waals surface area (Å²) in [5, 5.41) is 9.08. The van der Waals surface area contributed by atoms with E-state index in [1.165, 1.54) is 28.4 Å². The molecule has 4 aromatic rings. The number of nitrogens with one attached hydrogen (secondary N) is 3. The molecule has 0 bridgehead atoms. The number of para-hydroxylation sites is 1. The molecule has 0 fully saturated rings. The van der Waals surface area contributed by atoms with E-state index in [1.54, 1.807) is 31.4 Å². The maximum atomic E-state index is 15.0. The monoisotopic (exact) mass is 576 g/mol. The maximum absolute atomic E-state index is 15.0. The molecule has 0 atom stereocenters. The highest BCUT2D eigenvalue weighted by Gasteiger charge is 2.17. The van der Waals surface area contributed by atoms with Gasteiger partial charge in [0.25, 0.3) is 0 Å². The number of carbonyl (C=O) groups excluding carboxylic acids is 2. The van der Waals surface area contributed by atoms with Crippen LogP contribution in [0.1, 0.15) is 11.3 Å². The Kier molecular flexibility index (Phi) is 9.88. The van der Waals surface area contributed by atoms with Crippen LogP contribution < -0.4 is 25.6 Å². The Hall–Kier alpha value is -4.48. The summed E-state index contributed by atoms with van der Waals surface area (Å²) in [4.78, 5) is 33.8. The average molecular weight is 577 g/mol. The number of nitrogens with zero attached hydrogens (tertiary/aromatic N) is 3. The van der Waals surface area contributed by atoms with Gasteiger partial charge < -0.3 is 30.5 Å². The molecular formula is C30H33FN6O3S. The van der Waals surface area contributed by atoms with E-state index in [-0.39, 0.29) is 23.8 Å². The van der Waals surface area contributed by atoms with Crippen LogP contribution in [0.3, 0.4) is 0 Å². The van der Waals surface area contributed by atoms with E-state index in [0.717, 1.165) is 39.9 Å². The minimum Gasteiger partial charge on any atom is -0.453 e. The molecule has 2 amide bonds. The number of fused-ring (bicyclic) bond motifs is 1. The van der Waals surface area contributed by atoms with Crippen molar-refractivity contribution >= 4 is 50.4 Å². The van der Waals surface area contributed by atoms with Crippen molar-refractivity contribution in [2.24, 2.45) is 0 Å². The van der Waals surface area contributed by atoms with Gasteiger partial charge in [-0.05, 0) is 44.4 Å². The van der Waals surface area contributed by atoms with E-state index in [4.69, 9.17) is 4.74 Å². The third kappa shape index (κ3) is 7.80. The molecule has 0 radical (unpaired) electrons. The lowest BCUT2D eigenvalue weighted by Crippen LogP contribution is -2.30. The summed E-state index contributed by atoms with van der Waals surface area (Å²) in [5.41, 5.74) is 2.53. The van der Waals surface area contributed by atoms with E-state index in [0.29, 0.717) is 11.4 Å². The number of rotatable bonds is 12. The number of hydrogen-bond donors (Lipinski definition) is 3. The molecule has 4 rings (SSSR count). The number of carbonyl (C=O) groups is 2. The quantitative estimate of drug-likeness (QED) is 0.163. The van der Waals surface area contributed by atoms with Crippen LogP contribution in [0.4, 0.5) is 15.8 Å². The van der Waals surface area contributed by atoms with E-state index in [2.05, 4.69) is 25.8 Å². The number of halogens is 1. The number of thiophene rings is 1. The van der Waals surface area contributed by atoms with Gasteiger partial charge in [-0.1, -0.05) is 18.2 Å². The second kappa shape index (κ2) is 13.7. The number of benzene rings is 2. The number of likely N-dealkylation sites (N-methyl/N-ethyl adjacent to an activating group) is 1. The summed E-state index contributed by atoms with van der Waals surface area (Å²) in [7, 11) is 7.49. The van der Waals surface area contributed by atoms with Crippen molar-refractivity contribution in [3.8, 4) is 11.5 Å². The van der Waals surface area contributed by atoms with Gasteiger partial charge in [0.05, 0.1) is 20.8 Å². The molecule has 3 N–H and O–H groups in total. The highest BCUT2D eigenvalue weighted by Crippen LogP contribution is 2.37. The van der Waals surface area contributed by atoms with Crippen molar-refractivity contribution in [3.63, 3.8) is 0 Å². The Bertz CT molecular complexity index is 1540. The molecule has 0 aliphatic rings.